The Morgan fingerprint density at radius 3 is 2.41 bits per heavy atom. The molecule has 4 aromatic rings. The van der Waals surface area contributed by atoms with Crippen LogP contribution < -0.4 is 5.32 Å². The molecule has 162 valence electrons. The van der Waals surface area contributed by atoms with Crippen molar-refractivity contribution in [2.24, 2.45) is 0 Å². The predicted octanol–water partition coefficient (Wildman–Crippen LogP) is 7.59. The summed E-state index contributed by atoms with van der Waals surface area (Å²) in [5, 5.41) is 4.52. The van der Waals surface area contributed by atoms with Crippen molar-refractivity contribution in [1.29, 1.82) is 0 Å². The molecule has 0 fully saturated rings. The summed E-state index contributed by atoms with van der Waals surface area (Å²) >= 11 is 9.48. The van der Waals surface area contributed by atoms with E-state index in [2.05, 4.69) is 52.4 Å². The first-order valence-corrected chi connectivity index (χ1v) is 11.9. The second kappa shape index (κ2) is 10.3. The van der Waals surface area contributed by atoms with E-state index in [0.29, 0.717) is 17.1 Å². The van der Waals surface area contributed by atoms with Crippen LogP contribution in [0.3, 0.4) is 0 Å². The molecule has 0 aliphatic rings. The topological polar surface area (TPSA) is 42.0 Å². The Bertz CT molecular complexity index is 1240. The number of halogens is 2. The van der Waals surface area contributed by atoms with Crippen LogP contribution in [-0.4, -0.2) is 10.9 Å². The van der Waals surface area contributed by atoms with Crippen LogP contribution in [0.5, 0.6) is 0 Å². The van der Waals surface area contributed by atoms with Crippen LogP contribution in [-0.2, 0) is 13.0 Å². The molecule has 1 aromatic heterocycles. The molecule has 0 atom stereocenters. The molecule has 32 heavy (non-hydrogen) atoms. The van der Waals surface area contributed by atoms with Gasteiger partial charge in [-0.25, -0.2) is 4.98 Å². The molecule has 1 N–H and O–H groups in total. The van der Waals surface area contributed by atoms with Crippen LogP contribution in [0.25, 0.3) is 22.2 Å². The van der Waals surface area contributed by atoms with E-state index in [1.807, 2.05) is 48.5 Å². The number of nitrogens with zero attached hydrogens (tertiary/aromatic N) is 1. The first-order valence-electron chi connectivity index (χ1n) is 10.8. The minimum absolute atomic E-state index is 0.133. The maximum Gasteiger partial charge on any atom is 0.252 e. The van der Waals surface area contributed by atoms with Crippen molar-refractivity contribution in [2.75, 3.05) is 0 Å². The van der Waals surface area contributed by atoms with Crippen molar-refractivity contribution in [2.45, 2.75) is 32.7 Å². The van der Waals surface area contributed by atoms with Crippen LogP contribution in [0, 0.1) is 0 Å². The van der Waals surface area contributed by atoms with Gasteiger partial charge in [-0.1, -0.05) is 77.3 Å². The molecule has 0 aliphatic heterocycles. The zero-order valence-electron chi connectivity index (χ0n) is 17.9. The molecular weight excluding hydrogens is 484 g/mol. The van der Waals surface area contributed by atoms with Gasteiger partial charge < -0.3 is 5.32 Å². The third-order valence-electron chi connectivity index (χ3n) is 5.45. The Hall–Kier alpha value is -2.69. The molecule has 5 heteroatoms. The van der Waals surface area contributed by atoms with Crippen LogP contribution in [0.1, 0.15) is 41.3 Å². The molecule has 0 radical (unpaired) electrons. The molecule has 0 spiro atoms. The Morgan fingerprint density at radius 1 is 0.969 bits per heavy atom. The Balaban J connectivity index is 1.66. The van der Waals surface area contributed by atoms with Crippen molar-refractivity contribution < 1.29 is 4.79 Å². The summed E-state index contributed by atoms with van der Waals surface area (Å²) in [5.74, 6) is -0.133. The van der Waals surface area contributed by atoms with Crippen molar-refractivity contribution in [3.05, 3.63) is 99.0 Å². The van der Waals surface area contributed by atoms with Gasteiger partial charge in [0, 0.05) is 27.0 Å². The Labute approximate surface area is 202 Å². The van der Waals surface area contributed by atoms with E-state index in [0.717, 1.165) is 38.6 Å². The highest BCUT2D eigenvalue weighted by Gasteiger charge is 2.15. The van der Waals surface area contributed by atoms with Gasteiger partial charge in [0.2, 0.25) is 0 Å². The van der Waals surface area contributed by atoms with Crippen molar-refractivity contribution in [3.8, 4) is 11.3 Å². The fourth-order valence-electron chi connectivity index (χ4n) is 3.64. The summed E-state index contributed by atoms with van der Waals surface area (Å²) < 4.78 is 0.909. The van der Waals surface area contributed by atoms with E-state index in [1.54, 1.807) is 0 Å². The summed E-state index contributed by atoms with van der Waals surface area (Å²) in [6.07, 6.45) is 3.44. The molecule has 0 saturated carbocycles. The van der Waals surface area contributed by atoms with Gasteiger partial charge in [0.1, 0.15) is 0 Å². The number of carbonyl (C=O) groups is 1. The second-order valence-corrected chi connectivity index (χ2v) is 9.18. The zero-order valence-corrected chi connectivity index (χ0v) is 20.2. The number of carbonyl (C=O) groups excluding carboxylic acids is 1. The highest BCUT2D eigenvalue weighted by molar-refractivity contribution is 9.10. The molecule has 0 aliphatic carbocycles. The average Bonchev–Trinajstić information content (AvgIpc) is 2.82. The fourth-order valence-corrected chi connectivity index (χ4v) is 4.12. The lowest BCUT2D eigenvalue weighted by molar-refractivity contribution is 0.0952. The molecule has 3 nitrogen and oxygen atoms in total. The lowest BCUT2D eigenvalue weighted by Crippen LogP contribution is -2.23. The van der Waals surface area contributed by atoms with E-state index in [-0.39, 0.29) is 5.91 Å². The summed E-state index contributed by atoms with van der Waals surface area (Å²) in [6.45, 7) is 2.63. The summed E-state index contributed by atoms with van der Waals surface area (Å²) in [5.41, 5.74) is 5.50. The third-order valence-corrected chi connectivity index (χ3v) is 6.20. The first-order chi connectivity index (χ1) is 15.5. The van der Waals surface area contributed by atoms with Gasteiger partial charge in [0.15, 0.2) is 0 Å². The van der Waals surface area contributed by atoms with Gasteiger partial charge in [-0.15, -0.1) is 0 Å². The SMILES string of the molecule is CCCCc1ccc(-c2cc(C(=O)NCc3ccc(Cl)cc3)c3cc(Br)ccc3n2)cc1. The van der Waals surface area contributed by atoms with Gasteiger partial charge in [-0.3, -0.25) is 4.79 Å². The predicted molar refractivity (Wildman–Crippen MR) is 136 cm³/mol. The lowest BCUT2D eigenvalue weighted by atomic mass is 10.0. The number of aryl methyl sites for hydroxylation is 1. The van der Waals surface area contributed by atoms with E-state index in [9.17, 15) is 4.79 Å². The number of unbranched alkanes of at least 4 members (excludes halogenated alkanes) is 1. The van der Waals surface area contributed by atoms with Gasteiger partial charge in [0.25, 0.3) is 5.91 Å². The summed E-state index contributed by atoms with van der Waals surface area (Å²) in [7, 11) is 0. The second-order valence-electron chi connectivity index (χ2n) is 7.83. The molecule has 0 saturated heterocycles. The monoisotopic (exact) mass is 506 g/mol. The molecule has 1 heterocycles. The molecular formula is C27H24BrClN2O. The molecule has 1 amide bonds. The normalized spacial score (nSPS) is 11.0. The van der Waals surface area contributed by atoms with Crippen molar-refractivity contribution in [1.82, 2.24) is 10.3 Å². The van der Waals surface area contributed by atoms with Crippen LogP contribution in [0.2, 0.25) is 5.02 Å². The van der Waals surface area contributed by atoms with Crippen molar-refractivity contribution >= 4 is 44.3 Å². The maximum atomic E-state index is 13.2. The standard InChI is InChI=1S/C27H24BrClN2O/c1-2-3-4-18-5-9-20(10-6-18)26-16-24(23-15-21(28)11-14-25(23)31-26)27(32)30-17-19-7-12-22(29)13-8-19/h5-16H,2-4,17H2,1H3,(H,30,32). The highest BCUT2D eigenvalue weighted by atomic mass is 79.9. The number of rotatable bonds is 7. The van der Waals surface area contributed by atoms with E-state index in [4.69, 9.17) is 16.6 Å². The minimum Gasteiger partial charge on any atom is -0.348 e. The van der Waals surface area contributed by atoms with Gasteiger partial charge in [0.05, 0.1) is 16.8 Å². The number of hydrogen-bond donors (Lipinski definition) is 1. The van der Waals surface area contributed by atoms with E-state index < -0.39 is 0 Å². The number of amides is 1. The number of benzene rings is 3. The Kier molecular flexibility index (Phi) is 7.23. The van der Waals surface area contributed by atoms with Gasteiger partial charge >= 0.3 is 0 Å². The molecule has 4 rings (SSSR count). The highest BCUT2D eigenvalue weighted by Crippen LogP contribution is 2.28. The van der Waals surface area contributed by atoms with E-state index in [1.165, 1.54) is 18.4 Å². The number of nitrogens with one attached hydrogen (secondary N) is 1. The first kappa shape index (κ1) is 22.5. The van der Waals surface area contributed by atoms with Gasteiger partial charge in [-0.2, -0.15) is 0 Å². The van der Waals surface area contributed by atoms with Gasteiger partial charge in [-0.05, 0) is 60.4 Å². The smallest absolute Gasteiger partial charge is 0.252 e. The summed E-state index contributed by atoms with van der Waals surface area (Å²) in [4.78, 5) is 18.0. The van der Waals surface area contributed by atoms with E-state index >= 15 is 0 Å². The van der Waals surface area contributed by atoms with Crippen LogP contribution in [0.15, 0.2) is 77.3 Å². The number of hydrogen-bond acceptors (Lipinski definition) is 2. The largest absolute Gasteiger partial charge is 0.348 e. The Morgan fingerprint density at radius 2 is 1.69 bits per heavy atom. The maximum absolute atomic E-state index is 13.2. The summed E-state index contributed by atoms with van der Waals surface area (Å²) in [6, 6.07) is 23.7. The minimum atomic E-state index is -0.133. The number of aromatic nitrogens is 1. The zero-order chi connectivity index (χ0) is 22.5. The average molecular weight is 508 g/mol. The molecule has 0 bridgehead atoms. The number of fused-ring (bicyclic) bond motifs is 1. The fraction of sp³-hybridized carbons (Fsp3) is 0.185. The quantitative estimate of drug-likeness (QED) is 0.280. The molecule has 3 aromatic carbocycles. The van der Waals surface area contributed by atoms with Crippen LogP contribution >= 0.6 is 27.5 Å². The lowest BCUT2D eigenvalue weighted by Gasteiger charge is -2.12. The van der Waals surface area contributed by atoms with Crippen molar-refractivity contribution in [3.63, 3.8) is 0 Å². The van der Waals surface area contributed by atoms with Crippen LogP contribution in [0.4, 0.5) is 0 Å². The number of pyridine rings is 1. The molecule has 0 unspecified atom stereocenters. The third kappa shape index (κ3) is 5.37.